The van der Waals surface area contributed by atoms with Crippen LogP contribution in [0.4, 0.5) is 13.2 Å². The van der Waals surface area contributed by atoms with Gasteiger partial charge in [-0.25, -0.2) is 0 Å². The Morgan fingerprint density at radius 2 is 1.88 bits per heavy atom. The minimum absolute atomic E-state index is 0.0385. The Balaban J connectivity index is 2.26. The van der Waals surface area contributed by atoms with Gasteiger partial charge in [0.15, 0.2) is 0 Å². The normalized spacial score (nSPS) is 26.2. The minimum Gasteiger partial charge on any atom is -0.313 e. The van der Waals surface area contributed by atoms with Crippen molar-refractivity contribution in [2.24, 2.45) is 5.92 Å². The third-order valence-corrected chi connectivity index (χ3v) is 3.23. The van der Waals surface area contributed by atoms with Gasteiger partial charge in [-0.05, 0) is 25.8 Å². The predicted molar refractivity (Wildman–Crippen MR) is 59.3 cm³/mol. The smallest absolute Gasteiger partial charge is 0.313 e. The molecule has 0 aromatic carbocycles. The molecule has 0 saturated heterocycles. The summed E-state index contributed by atoms with van der Waals surface area (Å²) in [5.74, 6) is -0.0385. The number of halogens is 3. The lowest BCUT2D eigenvalue weighted by molar-refractivity contribution is -0.135. The number of nitrogens with one attached hydrogen (secondary N) is 1. The molecule has 0 radical (unpaired) electrons. The first-order valence-electron chi connectivity index (χ1n) is 6.22. The third-order valence-electron chi connectivity index (χ3n) is 3.23. The van der Waals surface area contributed by atoms with Gasteiger partial charge in [-0.15, -0.1) is 0 Å². The molecule has 0 amide bonds. The number of alkyl halides is 3. The average Bonchev–Trinajstić information content (AvgIpc) is 2.47. The highest BCUT2D eigenvalue weighted by atomic mass is 19.4. The number of hydrogen-bond donors (Lipinski definition) is 1. The van der Waals surface area contributed by atoms with Gasteiger partial charge in [0, 0.05) is 12.5 Å². The van der Waals surface area contributed by atoms with E-state index in [0.717, 1.165) is 32.1 Å². The first-order chi connectivity index (χ1) is 8.03. The molecular weight excluding hydrogens is 229 g/mol. The molecule has 1 saturated carbocycles. The zero-order valence-electron chi connectivity index (χ0n) is 9.89. The number of rotatable bonds is 4. The first kappa shape index (κ1) is 14.3. The second-order valence-electron chi connectivity index (χ2n) is 4.65. The fraction of sp³-hybridized carbons (Fsp3) is 0.917. The molecule has 0 aromatic heterocycles. The van der Waals surface area contributed by atoms with E-state index in [1.807, 2.05) is 0 Å². The van der Waals surface area contributed by atoms with Gasteiger partial charge in [-0.1, -0.05) is 19.3 Å². The minimum atomic E-state index is -4.07. The van der Waals surface area contributed by atoms with Crippen LogP contribution in [0.5, 0.6) is 0 Å². The van der Waals surface area contributed by atoms with Gasteiger partial charge < -0.3 is 5.32 Å². The van der Waals surface area contributed by atoms with E-state index in [-0.39, 0.29) is 18.4 Å². The summed E-state index contributed by atoms with van der Waals surface area (Å²) in [6.07, 6.45) is 0.298. The summed E-state index contributed by atoms with van der Waals surface area (Å²) in [6.45, 7) is 0.350. The van der Waals surface area contributed by atoms with Gasteiger partial charge in [0.25, 0.3) is 0 Å². The maximum absolute atomic E-state index is 11.9. The summed E-state index contributed by atoms with van der Waals surface area (Å²) in [5.41, 5.74) is 0. The molecule has 1 rings (SSSR count). The molecule has 1 N–H and O–H groups in total. The molecule has 0 heterocycles. The summed E-state index contributed by atoms with van der Waals surface area (Å²) in [4.78, 5) is 0. The maximum atomic E-state index is 11.9. The summed E-state index contributed by atoms with van der Waals surface area (Å²) in [7, 11) is 0. The summed E-state index contributed by atoms with van der Waals surface area (Å²) < 4.78 is 35.8. The monoisotopic (exact) mass is 248 g/mol. The van der Waals surface area contributed by atoms with E-state index >= 15 is 0 Å². The van der Waals surface area contributed by atoms with Gasteiger partial charge in [0.1, 0.15) is 0 Å². The van der Waals surface area contributed by atoms with Crippen LogP contribution in [-0.4, -0.2) is 18.8 Å². The molecule has 0 aliphatic heterocycles. The Labute approximate surface area is 100 Å². The number of nitriles is 1. The molecule has 5 heteroatoms. The molecule has 1 aliphatic rings. The first-order valence-corrected chi connectivity index (χ1v) is 6.22. The van der Waals surface area contributed by atoms with Crippen molar-refractivity contribution in [3.63, 3.8) is 0 Å². The van der Waals surface area contributed by atoms with Crippen LogP contribution in [0.25, 0.3) is 0 Å². The van der Waals surface area contributed by atoms with E-state index in [0.29, 0.717) is 6.54 Å². The molecule has 0 aromatic rings. The fourth-order valence-corrected chi connectivity index (χ4v) is 2.28. The Morgan fingerprint density at radius 3 is 2.53 bits per heavy atom. The Kier molecular flexibility index (Phi) is 5.76. The van der Waals surface area contributed by atoms with Crippen molar-refractivity contribution in [2.45, 2.75) is 57.2 Å². The van der Waals surface area contributed by atoms with E-state index in [1.54, 1.807) is 0 Å². The van der Waals surface area contributed by atoms with Crippen LogP contribution in [0.1, 0.15) is 44.9 Å². The van der Waals surface area contributed by atoms with Crippen LogP contribution < -0.4 is 5.32 Å². The quantitative estimate of drug-likeness (QED) is 0.611. The summed E-state index contributed by atoms with van der Waals surface area (Å²) in [5, 5.41) is 12.1. The van der Waals surface area contributed by atoms with Crippen LogP contribution in [0.2, 0.25) is 0 Å². The standard InChI is InChI=1S/C12H19F3N2/c13-12(14,15)7-4-8-17-11-6-3-1-2-5-10(11)9-16/h10-11,17H,1-8H2. The molecule has 1 fully saturated rings. The van der Waals surface area contributed by atoms with Gasteiger partial charge in [0.05, 0.1) is 12.0 Å². The fourth-order valence-electron chi connectivity index (χ4n) is 2.28. The van der Waals surface area contributed by atoms with Crippen LogP contribution in [-0.2, 0) is 0 Å². The lowest BCUT2D eigenvalue weighted by Crippen LogP contribution is -2.36. The second-order valence-corrected chi connectivity index (χ2v) is 4.65. The van der Waals surface area contributed by atoms with E-state index in [2.05, 4.69) is 11.4 Å². The van der Waals surface area contributed by atoms with E-state index in [4.69, 9.17) is 5.26 Å². The van der Waals surface area contributed by atoms with Crippen molar-refractivity contribution >= 4 is 0 Å². The molecule has 2 nitrogen and oxygen atoms in total. The summed E-state index contributed by atoms with van der Waals surface area (Å²) >= 11 is 0. The van der Waals surface area contributed by atoms with Crippen LogP contribution in [0.15, 0.2) is 0 Å². The van der Waals surface area contributed by atoms with Crippen molar-refractivity contribution < 1.29 is 13.2 Å². The van der Waals surface area contributed by atoms with Gasteiger partial charge in [-0.2, -0.15) is 18.4 Å². The Hall–Kier alpha value is -0.760. The molecule has 17 heavy (non-hydrogen) atoms. The van der Waals surface area contributed by atoms with E-state index in [9.17, 15) is 13.2 Å². The van der Waals surface area contributed by atoms with Crippen molar-refractivity contribution in [3.05, 3.63) is 0 Å². The molecule has 2 atom stereocenters. The second kappa shape index (κ2) is 6.85. The van der Waals surface area contributed by atoms with Crippen molar-refractivity contribution in [1.29, 1.82) is 5.26 Å². The third kappa shape index (κ3) is 5.92. The van der Waals surface area contributed by atoms with Gasteiger partial charge in [-0.3, -0.25) is 0 Å². The average molecular weight is 248 g/mol. The molecular formula is C12H19F3N2. The van der Waals surface area contributed by atoms with Crippen LogP contribution >= 0.6 is 0 Å². The lowest BCUT2D eigenvalue weighted by atomic mass is 9.96. The van der Waals surface area contributed by atoms with Crippen molar-refractivity contribution in [2.75, 3.05) is 6.54 Å². The zero-order valence-corrected chi connectivity index (χ0v) is 9.89. The highest BCUT2D eigenvalue weighted by Crippen LogP contribution is 2.24. The topological polar surface area (TPSA) is 35.8 Å². The van der Waals surface area contributed by atoms with Crippen molar-refractivity contribution in [1.82, 2.24) is 5.32 Å². The zero-order chi connectivity index (χ0) is 12.7. The van der Waals surface area contributed by atoms with Gasteiger partial charge in [0.2, 0.25) is 0 Å². The van der Waals surface area contributed by atoms with Crippen LogP contribution in [0, 0.1) is 17.2 Å². The number of nitrogens with zero attached hydrogens (tertiary/aromatic N) is 1. The maximum Gasteiger partial charge on any atom is 0.389 e. The summed E-state index contributed by atoms with van der Waals surface area (Å²) in [6, 6.07) is 2.35. The van der Waals surface area contributed by atoms with Gasteiger partial charge >= 0.3 is 6.18 Å². The van der Waals surface area contributed by atoms with Crippen LogP contribution in [0.3, 0.4) is 0 Å². The largest absolute Gasteiger partial charge is 0.389 e. The Morgan fingerprint density at radius 1 is 1.18 bits per heavy atom. The predicted octanol–water partition coefficient (Wildman–Crippen LogP) is 3.39. The van der Waals surface area contributed by atoms with E-state index < -0.39 is 12.6 Å². The SMILES string of the molecule is N#CC1CCCCCC1NCCCC(F)(F)F. The Bertz CT molecular complexity index is 257. The number of hydrogen-bond acceptors (Lipinski definition) is 2. The molecule has 0 bridgehead atoms. The van der Waals surface area contributed by atoms with E-state index in [1.165, 1.54) is 0 Å². The van der Waals surface area contributed by atoms with Crippen molar-refractivity contribution in [3.8, 4) is 6.07 Å². The lowest BCUT2D eigenvalue weighted by Gasteiger charge is -2.21. The molecule has 1 aliphatic carbocycles. The highest BCUT2D eigenvalue weighted by molar-refractivity contribution is 4.93. The highest BCUT2D eigenvalue weighted by Gasteiger charge is 2.27. The molecule has 98 valence electrons. The molecule has 0 spiro atoms. The molecule has 2 unspecified atom stereocenters.